The minimum Gasteiger partial charge on any atom is -0.341 e. The van der Waals surface area contributed by atoms with Gasteiger partial charge in [0, 0.05) is 45.7 Å². The number of halogens is 1. The maximum Gasteiger partial charge on any atom is 0.160 e. The molecule has 1 saturated heterocycles. The Morgan fingerprint density at radius 1 is 1.03 bits per heavy atom. The molecule has 0 radical (unpaired) electrons. The van der Waals surface area contributed by atoms with Gasteiger partial charge in [0.1, 0.15) is 6.04 Å². The summed E-state index contributed by atoms with van der Waals surface area (Å²) in [6.07, 6.45) is 1.87. The third-order valence-electron chi connectivity index (χ3n) is 6.27. The van der Waals surface area contributed by atoms with Gasteiger partial charge in [-0.2, -0.15) is 0 Å². The van der Waals surface area contributed by atoms with Crippen LogP contribution in [-0.4, -0.2) is 31.4 Å². The van der Waals surface area contributed by atoms with Crippen LogP contribution < -0.4 is 0 Å². The maximum atomic E-state index is 6.14. The van der Waals surface area contributed by atoms with Gasteiger partial charge in [0.25, 0.3) is 0 Å². The minimum absolute atomic E-state index is 0.0130. The predicted octanol–water partition coefficient (Wildman–Crippen LogP) is 6.04. The molecule has 0 N–H and O–H groups in total. The van der Waals surface area contributed by atoms with E-state index in [1.807, 2.05) is 36.2 Å². The largest absolute Gasteiger partial charge is 0.341 e. The van der Waals surface area contributed by atoms with Crippen LogP contribution in [0.4, 0.5) is 0 Å². The summed E-state index contributed by atoms with van der Waals surface area (Å²) in [5.74, 6) is 0. The zero-order valence-electron chi connectivity index (χ0n) is 17.6. The van der Waals surface area contributed by atoms with Gasteiger partial charge in [-0.25, -0.2) is 0 Å². The summed E-state index contributed by atoms with van der Waals surface area (Å²) in [5, 5.41) is 2.46. The first-order chi connectivity index (χ1) is 14.5. The van der Waals surface area contributed by atoms with Gasteiger partial charge in [-0.1, -0.05) is 36.4 Å². The Hall–Kier alpha value is -2.24. The number of amidine groups is 1. The van der Waals surface area contributed by atoms with Crippen molar-refractivity contribution in [2.75, 3.05) is 6.54 Å². The molecule has 154 valence electrons. The van der Waals surface area contributed by atoms with Crippen LogP contribution in [0.25, 0.3) is 5.69 Å². The Kier molecular flexibility index (Phi) is 4.91. The van der Waals surface area contributed by atoms with Gasteiger partial charge >= 0.3 is 0 Å². The van der Waals surface area contributed by atoms with Gasteiger partial charge < -0.3 is 9.47 Å². The summed E-state index contributed by atoms with van der Waals surface area (Å²) in [7, 11) is 0. The molecular weight excluding hydrogens is 412 g/mol. The van der Waals surface area contributed by atoms with Crippen LogP contribution in [0.2, 0.25) is 5.02 Å². The van der Waals surface area contributed by atoms with Crippen LogP contribution in [0, 0.1) is 20.8 Å². The third-order valence-corrected chi connectivity index (χ3v) is 7.62. The molecule has 1 aromatic carbocycles. The molecule has 2 aliphatic rings. The number of hydrogen-bond acceptors (Lipinski definition) is 4. The summed E-state index contributed by atoms with van der Waals surface area (Å²) < 4.78 is 2.35. The number of rotatable bonds is 3. The smallest absolute Gasteiger partial charge is 0.160 e. The van der Waals surface area contributed by atoms with E-state index in [2.05, 4.69) is 66.4 Å². The molecule has 3 atom stereocenters. The predicted molar refractivity (Wildman–Crippen MR) is 126 cm³/mol. The molecule has 3 unspecified atom stereocenters. The van der Waals surface area contributed by atoms with Crippen molar-refractivity contribution in [1.29, 1.82) is 0 Å². The average molecular weight is 437 g/mol. The number of benzene rings is 1. The summed E-state index contributed by atoms with van der Waals surface area (Å²) in [4.78, 5) is 12.3. The summed E-state index contributed by atoms with van der Waals surface area (Å²) >= 11 is 8.02. The van der Waals surface area contributed by atoms with E-state index >= 15 is 0 Å². The van der Waals surface area contributed by atoms with Gasteiger partial charge in [0.15, 0.2) is 5.17 Å². The zero-order valence-corrected chi connectivity index (χ0v) is 19.2. The second-order valence-electron chi connectivity index (χ2n) is 8.16. The van der Waals surface area contributed by atoms with Crippen molar-refractivity contribution in [3.05, 3.63) is 81.9 Å². The number of aromatic nitrogens is 2. The van der Waals surface area contributed by atoms with Gasteiger partial charge in [0.2, 0.25) is 0 Å². The molecule has 30 heavy (non-hydrogen) atoms. The standard InChI is InChI=1S/C24H25ClN4S/c1-14-13-28-23(22(27-24(28)30-14)20-7-5-6-12-26-20)21-15(2)16(3)29(17(21)4)19-10-8-18(25)9-11-19/h5-12,14,22-23H,13H2,1-4H3. The molecule has 4 heterocycles. The quantitative estimate of drug-likeness (QED) is 0.501. The van der Waals surface area contributed by atoms with E-state index in [-0.39, 0.29) is 12.1 Å². The number of hydrogen-bond donors (Lipinski definition) is 0. The third kappa shape index (κ3) is 3.07. The lowest BCUT2D eigenvalue weighted by molar-refractivity contribution is 0.319. The highest BCUT2D eigenvalue weighted by molar-refractivity contribution is 8.14. The highest BCUT2D eigenvalue weighted by atomic mass is 35.5. The van der Waals surface area contributed by atoms with Crippen molar-refractivity contribution in [2.24, 2.45) is 4.99 Å². The highest BCUT2D eigenvalue weighted by Crippen LogP contribution is 2.50. The van der Waals surface area contributed by atoms with Gasteiger partial charge in [0.05, 0.1) is 11.7 Å². The van der Waals surface area contributed by atoms with E-state index in [0.717, 1.165) is 28.1 Å². The number of fused-ring (bicyclic) bond motifs is 1. The van der Waals surface area contributed by atoms with E-state index in [9.17, 15) is 0 Å². The Morgan fingerprint density at radius 2 is 1.80 bits per heavy atom. The van der Waals surface area contributed by atoms with Crippen molar-refractivity contribution < 1.29 is 0 Å². The summed E-state index contributed by atoms with van der Waals surface area (Å²) in [6, 6.07) is 14.4. The lowest BCUT2D eigenvalue weighted by atomic mass is 9.93. The first-order valence-corrected chi connectivity index (χ1v) is 11.6. The van der Waals surface area contributed by atoms with Gasteiger partial charge in [-0.05, 0) is 62.7 Å². The highest BCUT2D eigenvalue weighted by Gasteiger charge is 2.45. The van der Waals surface area contributed by atoms with E-state index in [1.165, 1.54) is 22.5 Å². The summed E-state index contributed by atoms with van der Waals surface area (Å²) in [5.41, 5.74) is 7.40. The molecule has 0 saturated carbocycles. The van der Waals surface area contributed by atoms with Gasteiger partial charge in [-0.15, -0.1) is 0 Å². The molecule has 4 nitrogen and oxygen atoms in total. The van der Waals surface area contributed by atoms with Crippen molar-refractivity contribution >= 4 is 28.5 Å². The minimum atomic E-state index is 0.0130. The Balaban J connectivity index is 1.66. The van der Waals surface area contributed by atoms with Crippen molar-refractivity contribution in [3.63, 3.8) is 0 Å². The van der Waals surface area contributed by atoms with E-state index in [4.69, 9.17) is 16.6 Å². The Morgan fingerprint density at radius 3 is 2.50 bits per heavy atom. The zero-order chi connectivity index (χ0) is 21.0. The topological polar surface area (TPSA) is 33.4 Å². The Labute approximate surface area is 187 Å². The monoisotopic (exact) mass is 436 g/mol. The number of pyridine rings is 1. The van der Waals surface area contributed by atoms with E-state index < -0.39 is 0 Å². The first kappa shape index (κ1) is 19.7. The van der Waals surface area contributed by atoms with Crippen LogP contribution in [-0.2, 0) is 0 Å². The SMILES string of the molecule is Cc1c(C2C(c3ccccn3)N=C3SC(C)CN32)c(C)n(-c2ccc(Cl)cc2)c1C. The van der Waals surface area contributed by atoms with Crippen molar-refractivity contribution in [2.45, 2.75) is 45.0 Å². The lowest BCUT2D eigenvalue weighted by Gasteiger charge is -2.28. The van der Waals surface area contributed by atoms with Crippen LogP contribution in [0.15, 0.2) is 53.7 Å². The van der Waals surface area contributed by atoms with Crippen LogP contribution >= 0.6 is 23.4 Å². The molecule has 2 aromatic heterocycles. The molecule has 3 aromatic rings. The van der Waals surface area contributed by atoms with Crippen molar-refractivity contribution in [3.8, 4) is 5.69 Å². The molecule has 6 heteroatoms. The number of thioether (sulfide) groups is 1. The van der Waals surface area contributed by atoms with Gasteiger partial charge in [-0.3, -0.25) is 9.98 Å². The second-order valence-corrected chi connectivity index (χ2v) is 10.0. The maximum absolute atomic E-state index is 6.14. The molecule has 5 rings (SSSR count). The first-order valence-electron chi connectivity index (χ1n) is 10.3. The molecule has 0 amide bonds. The summed E-state index contributed by atoms with van der Waals surface area (Å²) in [6.45, 7) is 9.96. The molecule has 2 aliphatic heterocycles. The fraction of sp³-hybridized carbons (Fsp3) is 0.333. The normalized spacial score (nSPS) is 23.0. The molecule has 0 aliphatic carbocycles. The van der Waals surface area contributed by atoms with Crippen molar-refractivity contribution in [1.82, 2.24) is 14.5 Å². The van der Waals surface area contributed by atoms with Crippen LogP contribution in [0.1, 0.15) is 47.2 Å². The Bertz CT molecular complexity index is 1120. The fourth-order valence-electron chi connectivity index (χ4n) is 4.85. The van der Waals surface area contributed by atoms with Crippen LogP contribution in [0.3, 0.4) is 0 Å². The number of nitrogens with zero attached hydrogens (tertiary/aromatic N) is 4. The van der Waals surface area contributed by atoms with Crippen LogP contribution in [0.5, 0.6) is 0 Å². The van der Waals surface area contributed by atoms with E-state index in [0.29, 0.717) is 5.25 Å². The average Bonchev–Trinajstić information content (AvgIpc) is 3.33. The molecule has 0 spiro atoms. The van der Waals surface area contributed by atoms with E-state index in [1.54, 1.807) is 0 Å². The second kappa shape index (κ2) is 7.47. The molecule has 0 bridgehead atoms. The number of aliphatic imine (C=N–C) groups is 1. The molecular formula is C24H25ClN4S. The fourth-order valence-corrected chi connectivity index (χ4v) is 6.07. The molecule has 1 fully saturated rings. The lowest BCUT2D eigenvalue weighted by Crippen LogP contribution is -2.29.